The van der Waals surface area contributed by atoms with Crippen LogP contribution in [0.2, 0.25) is 0 Å². The predicted octanol–water partition coefficient (Wildman–Crippen LogP) is 6.26. The highest BCUT2D eigenvalue weighted by Gasteiger charge is 2.40. The molecule has 0 bridgehead atoms. The van der Waals surface area contributed by atoms with Crippen LogP contribution < -0.4 is 5.32 Å². The molecule has 2 aliphatic rings. The summed E-state index contributed by atoms with van der Waals surface area (Å²) in [6.45, 7) is 6.73. The highest BCUT2D eigenvalue weighted by Crippen LogP contribution is 2.33. The first kappa shape index (κ1) is 24.0. The van der Waals surface area contributed by atoms with Gasteiger partial charge in [-0.05, 0) is 92.8 Å². The SMILES string of the molecule is C/C=C\C=C(/CC)[C@H]1[C@@H](C(=O)Nc2ccc3c(c2)CCC3)CCCN1C(=O)c1ccccc1C. The van der Waals surface area contributed by atoms with Crippen molar-refractivity contribution in [2.75, 3.05) is 11.9 Å². The summed E-state index contributed by atoms with van der Waals surface area (Å²) >= 11 is 0. The molecule has 2 atom stereocenters. The largest absolute Gasteiger partial charge is 0.331 e. The van der Waals surface area contributed by atoms with Gasteiger partial charge in [-0.2, -0.15) is 0 Å². The summed E-state index contributed by atoms with van der Waals surface area (Å²) in [6.07, 6.45) is 11.9. The van der Waals surface area contributed by atoms with E-state index in [1.165, 1.54) is 17.5 Å². The molecule has 4 nitrogen and oxygen atoms in total. The number of hydrogen-bond acceptors (Lipinski definition) is 2. The number of aryl methyl sites for hydroxylation is 3. The molecule has 1 N–H and O–H groups in total. The van der Waals surface area contributed by atoms with Crippen molar-refractivity contribution in [2.24, 2.45) is 5.92 Å². The zero-order valence-corrected chi connectivity index (χ0v) is 20.6. The summed E-state index contributed by atoms with van der Waals surface area (Å²) in [7, 11) is 0. The molecule has 0 saturated carbocycles. The Bertz CT molecular complexity index is 1110. The number of carbonyl (C=O) groups is 2. The van der Waals surface area contributed by atoms with E-state index in [4.69, 9.17) is 0 Å². The number of likely N-dealkylation sites (tertiary alicyclic amines) is 1. The molecule has 2 aromatic carbocycles. The van der Waals surface area contributed by atoms with Crippen LogP contribution in [0, 0.1) is 12.8 Å². The number of allylic oxidation sites excluding steroid dienone is 3. The van der Waals surface area contributed by atoms with Crippen LogP contribution in [-0.4, -0.2) is 29.3 Å². The Morgan fingerprint density at radius 2 is 1.88 bits per heavy atom. The lowest BCUT2D eigenvalue weighted by molar-refractivity contribution is -0.122. The molecule has 4 rings (SSSR count). The Labute approximate surface area is 203 Å². The third kappa shape index (κ3) is 5.01. The molecule has 1 aliphatic carbocycles. The summed E-state index contributed by atoms with van der Waals surface area (Å²) in [5.41, 5.74) is 6.40. The number of nitrogens with one attached hydrogen (secondary N) is 1. The fourth-order valence-electron chi connectivity index (χ4n) is 5.45. The van der Waals surface area contributed by atoms with E-state index in [0.29, 0.717) is 12.1 Å². The van der Waals surface area contributed by atoms with Crippen molar-refractivity contribution >= 4 is 17.5 Å². The third-order valence-corrected chi connectivity index (χ3v) is 7.26. The van der Waals surface area contributed by atoms with E-state index in [-0.39, 0.29) is 23.8 Å². The minimum atomic E-state index is -0.286. The van der Waals surface area contributed by atoms with Gasteiger partial charge < -0.3 is 10.2 Å². The lowest BCUT2D eigenvalue weighted by Gasteiger charge is -2.42. The maximum Gasteiger partial charge on any atom is 0.254 e. The van der Waals surface area contributed by atoms with Crippen LogP contribution in [0.4, 0.5) is 5.69 Å². The first-order valence-corrected chi connectivity index (χ1v) is 12.6. The van der Waals surface area contributed by atoms with E-state index in [1.807, 2.05) is 61.2 Å². The lowest BCUT2D eigenvalue weighted by atomic mass is 9.82. The molecule has 1 aliphatic heterocycles. The summed E-state index contributed by atoms with van der Waals surface area (Å²) in [5, 5.41) is 3.19. The molecule has 1 fully saturated rings. The van der Waals surface area contributed by atoms with Gasteiger partial charge in [0.2, 0.25) is 5.91 Å². The first-order valence-electron chi connectivity index (χ1n) is 12.6. The second-order valence-corrected chi connectivity index (χ2v) is 9.45. The van der Waals surface area contributed by atoms with Gasteiger partial charge in [0.05, 0.1) is 12.0 Å². The van der Waals surface area contributed by atoms with Gasteiger partial charge in [0.25, 0.3) is 5.91 Å². The van der Waals surface area contributed by atoms with Crippen LogP contribution in [0.1, 0.15) is 66.6 Å². The number of benzene rings is 2. The highest BCUT2D eigenvalue weighted by atomic mass is 16.2. The number of fused-ring (bicyclic) bond motifs is 1. The molecule has 2 aromatic rings. The molecule has 0 radical (unpaired) electrons. The van der Waals surface area contributed by atoms with Crippen molar-refractivity contribution in [1.29, 1.82) is 0 Å². The molecule has 178 valence electrons. The first-order chi connectivity index (χ1) is 16.5. The normalized spacial score (nSPS) is 20.4. The summed E-state index contributed by atoms with van der Waals surface area (Å²) in [5.74, 6) is -0.269. The number of amides is 2. The van der Waals surface area contributed by atoms with E-state index >= 15 is 0 Å². The quantitative estimate of drug-likeness (QED) is 0.522. The number of anilines is 1. The van der Waals surface area contributed by atoms with E-state index in [9.17, 15) is 9.59 Å². The smallest absolute Gasteiger partial charge is 0.254 e. The number of carbonyl (C=O) groups excluding carboxylic acids is 2. The zero-order chi connectivity index (χ0) is 24.1. The molecule has 1 heterocycles. The molecule has 34 heavy (non-hydrogen) atoms. The lowest BCUT2D eigenvalue weighted by Crippen LogP contribution is -2.52. The van der Waals surface area contributed by atoms with Crippen LogP contribution in [-0.2, 0) is 17.6 Å². The monoisotopic (exact) mass is 456 g/mol. The molecule has 0 aromatic heterocycles. The van der Waals surface area contributed by atoms with Crippen LogP contribution >= 0.6 is 0 Å². The van der Waals surface area contributed by atoms with Crippen LogP contribution in [0.15, 0.2) is 66.3 Å². The predicted molar refractivity (Wildman–Crippen MR) is 139 cm³/mol. The van der Waals surface area contributed by atoms with E-state index in [1.54, 1.807) is 0 Å². The molecule has 2 amide bonds. The van der Waals surface area contributed by atoms with Gasteiger partial charge in [0.1, 0.15) is 0 Å². The Morgan fingerprint density at radius 1 is 1.09 bits per heavy atom. The van der Waals surface area contributed by atoms with Crippen molar-refractivity contribution in [3.05, 3.63) is 88.5 Å². The Hall–Kier alpha value is -3.14. The van der Waals surface area contributed by atoms with Crippen molar-refractivity contribution < 1.29 is 9.59 Å². The summed E-state index contributed by atoms with van der Waals surface area (Å²) in [6, 6.07) is 13.8. The summed E-state index contributed by atoms with van der Waals surface area (Å²) in [4.78, 5) is 29.3. The maximum absolute atomic E-state index is 13.7. The minimum Gasteiger partial charge on any atom is -0.331 e. The van der Waals surface area contributed by atoms with E-state index in [0.717, 1.165) is 48.9 Å². The zero-order valence-electron chi connectivity index (χ0n) is 20.6. The van der Waals surface area contributed by atoms with Crippen molar-refractivity contribution in [3.8, 4) is 0 Å². The van der Waals surface area contributed by atoms with Gasteiger partial charge in [0, 0.05) is 17.8 Å². The van der Waals surface area contributed by atoms with Gasteiger partial charge in [-0.1, -0.05) is 49.4 Å². The standard InChI is InChI=1S/C30H36N2O2/c1-4-6-12-22(5-2)28-27(29(33)31-25-18-17-23-13-9-14-24(23)20-25)16-10-19-32(28)30(34)26-15-8-7-11-21(26)3/h4,6-8,11-12,15,17-18,20,27-28H,5,9-10,13-14,16,19H2,1-3H3,(H,31,33)/b6-4-,22-12+/t27-,28-/m0/s1. The van der Waals surface area contributed by atoms with Gasteiger partial charge in [0.15, 0.2) is 0 Å². The van der Waals surface area contributed by atoms with E-state index in [2.05, 4.69) is 30.4 Å². The second kappa shape index (κ2) is 10.9. The number of hydrogen-bond donors (Lipinski definition) is 1. The second-order valence-electron chi connectivity index (χ2n) is 9.45. The molecule has 4 heteroatoms. The van der Waals surface area contributed by atoms with Gasteiger partial charge in [-0.25, -0.2) is 0 Å². The van der Waals surface area contributed by atoms with Gasteiger partial charge in [-0.15, -0.1) is 0 Å². The average molecular weight is 457 g/mol. The Morgan fingerprint density at radius 3 is 2.65 bits per heavy atom. The van der Waals surface area contributed by atoms with E-state index < -0.39 is 0 Å². The van der Waals surface area contributed by atoms with Crippen molar-refractivity contribution in [2.45, 2.75) is 65.3 Å². The Balaban J connectivity index is 1.66. The molecular formula is C30H36N2O2. The molecule has 0 spiro atoms. The van der Waals surface area contributed by atoms with Crippen molar-refractivity contribution in [1.82, 2.24) is 4.90 Å². The van der Waals surface area contributed by atoms with Crippen LogP contribution in [0.25, 0.3) is 0 Å². The third-order valence-electron chi connectivity index (χ3n) is 7.26. The van der Waals surface area contributed by atoms with Gasteiger partial charge >= 0.3 is 0 Å². The molecule has 0 unspecified atom stereocenters. The number of rotatable bonds is 6. The van der Waals surface area contributed by atoms with Crippen molar-refractivity contribution in [3.63, 3.8) is 0 Å². The maximum atomic E-state index is 13.7. The summed E-state index contributed by atoms with van der Waals surface area (Å²) < 4.78 is 0. The molecular weight excluding hydrogens is 420 g/mol. The minimum absolute atomic E-state index is 0.00468. The molecule has 1 saturated heterocycles. The number of nitrogens with zero attached hydrogens (tertiary/aromatic N) is 1. The fraction of sp³-hybridized carbons (Fsp3) is 0.400. The fourth-order valence-corrected chi connectivity index (χ4v) is 5.45. The van der Waals surface area contributed by atoms with Crippen LogP contribution in [0.5, 0.6) is 0 Å². The topological polar surface area (TPSA) is 49.4 Å². The average Bonchev–Trinajstić information content (AvgIpc) is 3.32. The highest BCUT2D eigenvalue weighted by molar-refractivity contribution is 5.98. The Kier molecular flexibility index (Phi) is 7.66. The number of piperidine rings is 1. The van der Waals surface area contributed by atoms with Gasteiger partial charge in [-0.3, -0.25) is 9.59 Å². The van der Waals surface area contributed by atoms with Crippen LogP contribution in [0.3, 0.4) is 0 Å².